The minimum absolute atomic E-state index is 0.000382. The summed E-state index contributed by atoms with van der Waals surface area (Å²) in [5.41, 5.74) is 11.4. The lowest BCUT2D eigenvalue weighted by Gasteiger charge is -2.29. The van der Waals surface area contributed by atoms with Gasteiger partial charge in [0, 0.05) is 19.0 Å². The van der Waals surface area contributed by atoms with Crippen molar-refractivity contribution in [1.29, 1.82) is 0 Å². The Labute approximate surface area is 198 Å². The topological polar surface area (TPSA) is 172 Å². The molecule has 7 N–H and O–H groups in total. The molecule has 1 saturated carbocycles. The fraction of sp³-hybridized carbons (Fsp3) is 0.522. The van der Waals surface area contributed by atoms with Crippen molar-refractivity contribution in [2.24, 2.45) is 5.73 Å². The van der Waals surface area contributed by atoms with E-state index < -0.39 is 23.5 Å². The molecule has 1 aromatic carbocycles. The van der Waals surface area contributed by atoms with Gasteiger partial charge in [-0.3, -0.25) is 24.0 Å². The van der Waals surface area contributed by atoms with E-state index in [-0.39, 0.29) is 43.5 Å². The van der Waals surface area contributed by atoms with E-state index in [1.54, 1.807) is 0 Å². The molecular formula is C23H34N6O5. The summed E-state index contributed by atoms with van der Waals surface area (Å²) in [5, 5.41) is 8.43. The summed E-state index contributed by atoms with van der Waals surface area (Å²) in [6.07, 6.45) is 3.38. The molecule has 0 bridgehead atoms. The first-order valence-corrected chi connectivity index (χ1v) is 11.4. The van der Waals surface area contributed by atoms with Crippen molar-refractivity contribution < 1.29 is 24.0 Å². The van der Waals surface area contributed by atoms with Crippen LogP contribution in [0.3, 0.4) is 0 Å². The summed E-state index contributed by atoms with van der Waals surface area (Å²) < 4.78 is 0. The fourth-order valence-electron chi connectivity index (χ4n) is 3.76. The number of hydrazine groups is 1. The Bertz CT molecular complexity index is 855. The lowest BCUT2D eigenvalue weighted by atomic mass is 9.91. The number of nitrogens with one attached hydrogen (secondary N) is 5. The third-order valence-corrected chi connectivity index (χ3v) is 5.54. The Morgan fingerprint density at radius 2 is 1.53 bits per heavy atom. The SMILES string of the molecule is CC(=O)NC1CCC(NC(=O)CNC(=O)[C@H](Cc2ccccc2)NNCC(=O)C(=O)CN)CC1. The van der Waals surface area contributed by atoms with Gasteiger partial charge < -0.3 is 21.7 Å². The predicted octanol–water partition coefficient (Wildman–Crippen LogP) is -1.53. The third-order valence-electron chi connectivity index (χ3n) is 5.54. The number of rotatable bonds is 13. The molecule has 186 valence electrons. The van der Waals surface area contributed by atoms with Crippen LogP contribution in [0.4, 0.5) is 0 Å². The van der Waals surface area contributed by atoms with E-state index in [9.17, 15) is 24.0 Å². The second kappa shape index (κ2) is 14.2. The highest BCUT2D eigenvalue weighted by molar-refractivity contribution is 6.38. The van der Waals surface area contributed by atoms with Gasteiger partial charge in [-0.15, -0.1) is 0 Å². The third kappa shape index (κ3) is 9.77. The van der Waals surface area contributed by atoms with Crippen LogP contribution in [0.5, 0.6) is 0 Å². The molecule has 0 unspecified atom stereocenters. The maximum atomic E-state index is 12.8. The summed E-state index contributed by atoms with van der Waals surface area (Å²) in [4.78, 5) is 59.2. The van der Waals surface area contributed by atoms with Crippen LogP contribution < -0.4 is 32.5 Å². The van der Waals surface area contributed by atoms with E-state index in [2.05, 4.69) is 26.8 Å². The zero-order chi connectivity index (χ0) is 24.9. The molecule has 34 heavy (non-hydrogen) atoms. The van der Waals surface area contributed by atoms with Gasteiger partial charge in [0.2, 0.25) is 29.3 Å². The number of hydrogen-bond donors (Lipinski definition) is 6. The average molecular weight is 475 g/mol. The molecule has 0 aromatic heterocycles. The Hall–Kier alpha value is -3.15. The summed E-state index contributed by atoms with van der Waals surface area (Å²) in [7, 11) is 0. The summed E-state index contributed by atoms with van der Waals surface area (Å²) >= 11 is 0. The summed E-state index contributed by atoms with van der Waals surface area (Å²) in [6.45, 7) is 0.611. The minimum atomic E-state index is -0.788. The second-order valence-electron chi connectivity index (χ2n) is 8.33. The molecule has 1 aliphatic rings. The van der Waals surface area contributed by atoms with Crippen LogP contribution in [-0.2, 0) is 30.4 Å². The first-order chi connectivity index (χ1) is 16.3. The van der Waals surface area contributed by atoms with E-state index >= 15 is 0 Å². The Morgan fingerprint density at radius 1 is 0.912 bits per heavy atom. The highest BCUT2D eigenvalue weighted by Gasteiger charge is 2.24. The molecule has 0 heterocycles. The highest BCUT2D eigenvalue weighted by Crippen LogP contribution is 2.18. The van der Waals surface area contributed by atoms with Crippen molar-refractivity contribution in [3.05, 3.63) is 35.9 Å². The lowest BCUT2D eigenvalue weighted by Crippen LogP contribution is -2.54. The molecule has 0 aliphatic heterocycles. The molecule has 3 amide bonds. The van der Waals surface area contributed by atoms with Crippen molar-refractivity contribution in [3.63, 3.8) is 0 Å². The number of carbonyl (C=O) groups is 5. The molecule has 11 nitrogen and oxygen atoms in total. The molecule has 1 atom stereocenters. The van der Waals surface area contributed by atoms with E-state index in [0.717, 1.165) is 31.2 Å². The first-order valence-electron chi connectivity index (χ1n) is 11.4. The molecule has 0 spiro atoms. The molecule has 2 rings (SSSR count). The second-order valence-corrected chi connectivity index (χ2v) is 8.33. The standard InChI is InChI=1S/C23H34N6O5/c1-15(30)27-17-7-9-18(10-8-17)28-22(33)14-25-23(34)19(11-16-5-3-2-4-6-16)29-26-13-21(32)20(31)12-24/h2-6,17-19,26,29H,7-14,24H2,1H3,(H,25,34)(H,27,30)(H,28,33)/t17?,18?,19-/m0/s1. The highest BCUT2D eigenvalue weighted by atomic mass is 16.2. The zero-order valence-electron chi connectivity index (χ0n) is 19.4. The predicted molar refractivity (Wildman–Crippen MR) is 125 cm³/mol. The number of hydrogen-bond acceptors (Lipinski definition) is 8. The Kier molecular flexibility index (Phi) is 11.3. The molecular weight excluding hydrogens is 440 g/mol. The monoisotopic (exact) mass is 474 g/mol. The lowest BCUT2D eigenvalue weighted by molar-refractivity contribution is -0.135. The van der Waals surface area contributed by atoms with Gasteiger partial charge in [0.15, 0.2) is 0 Å². The van der Waals surface area contributed by atoms with Gasteiger partial charge in [-0.05, 0) is 37.7 Å². The van der Waals surface area contributed by atoms with Crippen LogP contribution in [0.15, 0.2) is 30.3 Å². The van der Waals surface area contributed by atoms with Crippen molar-refractivity contribution in [1.82, 2.24) is 26.8 Å². The number of benzene rings is 1. The van der Waals surface area contributed by atoms with Crippen LogP contribution in [0.2, 0.25) is 0 Å². The fourth-order valence-corrected chi connectivity index (χ4v) is 3.76. The first kappa shape index (κ1) is 27.1. The van der Waals surface area contributed by atoms with Gasteiger partial charge in [0.05, 0.1) is 19.6 Å². The van der Waals surface area contributed by atoms with E-state index in [0.29, 0.717) is 6.42 Å². The molecule has 1 aromatic rings. The minimum Gasteiger partial charge on any atom is -0.354 e. The van der Waals surface area contributed by atoms with Crippen LogP contribution in [0, 0.1) is 0 Å². The van der Waals surface area contributed by atoms with Gasteiger partial charge in [0.1, 0.15) is 6.04 Å². The van der Waals surface area contributed by atoms with Gasteiger partial charge in [0.25, 0.3) is 0 Å². The molecule has 11 heteroatoms. The average Bonchev–Trinajstić information content (AvgIpc) is 2.82. The van der Waals surface area contributed by atoms with E-state index in [1.165, 1.54) is 6.92 Å². The molecule has 0 radical (unpaired) electrons. The summed E-state index contributed by atoms with van der Waals surface area (Å²) in [5.74, 6) is -2.19. The van der Waals surface area contributed by atoms with Crippen LogP contribution in [0.1, 0.15) is 38.2 Å². The van der Waals surface area contributed by atoms with Gasteiger partial charge in [-0.1, -0.05) is 30.3 Å². The van der Waals surface area contributed by atoms with Gasteiger partial charge in [-0.25, -0.2) is 10.9 Å². The van der Waals surface area contributed by atoms with Crippen molar-refractivity contribution in [3.8, 4) is 0 Å². The smallest absolute Gasteiger partial charge is 0.239 e. The number of carbonyl (C=O) groups excluding carboxylic acids is 5. The zero-order valence-corrected chi connectivity index (χ0v) is 19.4. The Morgan fingerprint density at radius 3 is 2.12 bits per heavy atom. The Balaban J connectivity index is 1.82. The summed E-state index contributed by atoms with van der Waals surface area (Å²) in [6, 6.07) is 8.60. The van der Waals surface area contributed by atoms with Crippen LogP contribution >= 0.6 is 0 Å². The maximum Gasteiger partial charge on any atom is 0.239 e. The number of ketones is 2. The largest absolute Gasteiger partial charge is 0.354 e. The normalized spacial score (nSPS) is 18.4. The number of amides is 3. The van der Waals surface area contributed by atoms with E-state index in [4.69, 9.17) is 5.73 Å². The van der Waals surface area contributed by atoms with Crippen LogP contribution in [0.25, 0.3) is 0 Å². The van der Waals surface area contributed by atoms with E-state index in [1.807, 2.05) is 30.3 Å². The molecule has 0 saturated heterocycles. The van der Waals surface area contributed by atoms with Crippen LogP contribution in [-0.4, -0.2) is 67.0 Å². The number of nitrogens with two attached hydrogens (primary N) is 1. The molecule has 1 fully saturated rings. The molecule has 1 aliphatic carbocycles. The van der Waals surface area contributed by atoms with Gasteiger partial charge >= 0.3 is 0 Å². The van der Waals surface area contributed by atoms with Crippen molar-refractivity contribution >= 4 is 29.3 Å². The quantitative estimate of drug-likeness (QED) is 0.148. The van der Waals surface area contributed by atoms with Crippen molar-refractivity contribution in [2.75, 3.05) is 19.6 Å². The van der Waals surface area contributed by atoms with Gasteiger partial charge in [-0.2, -0.15) is 0 Å². The maximum absolute atomic E-state index is 12.8. The van der Waals surface area contributed by atoms with Crippen molar-refractivity contribution in [2.45, 2.75) is 57.2 Å². The number of Topliss-reactive ketones (excluding diaryl/α,β-unsaturated/α-hetero) is 2.